The molecule has 0 aliphatic rings. The average molecular weight is 247 g/mol. The van der Waals surface area contributed by atoms with E-state index < -0.39 is 17.2 Å². The zero-order valence-corrected chi connectivity index (χ0v) is 9.04. The molecule has 0 saturated heterocycles. The maximum atomic E-state index is 12.0. The third-order valence-corrected chi connectivity index (χ3v) is 2.26. The Balaban J connectivity index is 2.50. The lowest BCUT2D eigenvalue weighted by molar-refractivity contribution is 0.103. The van der Waals surface area contributed by atoms with Crippen LogP contribution >= 0.6 is 0 Å². The number of pyridine rings is 1. The highest BCUT2D eigenvalue weighted by Gasteiger charge is 2.13. The fourth-order valence-corrected chi connectivity index (χ4v) is 1.55. The fourth-order valence-electron chi connectivity index (χ4n) is 1.55. The molecule has 6 heteroatoms. The number of ketones is 1. The number of H-pyrrole nitrogens is 1. The minimum absolute atomic E-state index is 0.0116. The van der Waals surface area contributed by atoms with Gasteiger partial charge in [-0.3, -0.25) is 14.6 Å². The normalized spacial score (nSPS) is 10.2. The van der Waals surface area contributed by atoms with E-state index >= 15 is 0 Å². The van der Waals surface area contributed by atoms with Crippen molar-refractivity contribution in [1.82, 2.24) is 4.98 Å². The summed E-state index contributed by atoms with van der Waals surface area (Å²) < 4.78 is 0. The predicted molar refractivity (Wildman–Crippen MR) is 61.9 cm³/mol. The van der Waals surface area contributed by atoms with Gasteiger partial charge in [-0.05, 0) is 12.1 Å². The summed E-state index contributed by atoms with van der Waals surface area (Å²) in [6.07, 6.45) is 0. The second-order valence-corrected chi connectivity index (χ2v) is 3.69. The number of hydrogen-bond donors (Lipinski definition) is 4. The van der Waals surface area contributed by atoms with Crippen molar-refractivity contribution in [2.24, 2.45) is 0 Å². The number of benzene rings is 1. The minimum atomic E-state index is -0.622. The third-order valence-electron chi connectivity index (χ3n) is 2.26. The van der Waals surface area contributed by atoms with Crippen molar-refractivity contribution in [3.63, 3.8) is 0 Å². The van der Waals surface area contributed by atoms with Gasteiger partial charge in [-0.2, -0.15) is 0 Å². The Labute approximate surface area is 101 Å². The highest BCUT2D eigenvalue weighted by molar-refractivity contribution is 6.09. The van der Waals surface area contributed by atoms with E-state index in [1.807, 2.05) is 0 Å². The van der Waals surface area contributed by atoms with Gasteiger partial charge in [-0.15, -0.1) is 0 Å². The third kappa shape index (κ3) is 2.32. The van der Waals surface area contributed by atoms with Crippen molar-refractivity contribution >= 4 is 5.78 Å². The van der Waals surface area contributed by atoms with Crippen molar-refractivity contribution in [2.45, 2.75) is 0 Å². The first-order valence-corrected chi connectivity index (χ1v) is 4.97. The van der Waals surface area contributed by atoms with Crippen LogP contribution in [-0.2, 0) is 0 Å². The molecule has 0 bridgehead atoms. The molecule has 0 atom stereocenters. The topological polar surface area (TPSA) is 111 Å². The standard InChI is InChI=1S/C12H9NO5/c14-8-1-6(2-9(15)5-8)12(18)7-3-10(16)13-11(17)4-7/h1-5,14-15H,(H2,13,16,17). The number of aromatic amines is 1. The van der Waals surface area contributed by atoms with E-state index in [9.17, 15) is 24.9 Å². The summed E-state index contributed by atoms with van der Waals surface area (Å²) in [5.41, 5.74) is -0.651. The Morgan fingerprint density at radius 1 is 0.889 bits per heavy atom. The summed E-state index contributed by atoms with van der Waals surface area (Å²) in [4.78, 5) is 25.2. The second kappa shape index (κ2) is 4.25. The van der Waals surface area contributed by atoms with Crippen molar-refractivity contribution in [2.75, 3.05) is 0 Å². The fraction of sp³-hybridized carbons (Fsp3) is 0. The number of carbonyl (C=O) groups excluding carboxylic acids is 1. The van der Waals surface area contributed by atoms with Crippen molar-refractivity contribution < 1.29 is 20.1 Å². The molecule has 0 spiro atoms. The number of phenols is 2. The van der Waals surface area contributed by atoms with Crippen LogP contribution in [0.1, 0.15) is 15.9 Å². The van der Waals surface area contributed by atoms with Gasteiger partial charge in [-0.25, -0.2) is 0 Å². The summed E-state index contributed by atoms with van der Waals surface area (Å²) in [5, 5.41) is 27.7. The lowest BCUT2D eigenvalue weighted by Crippen LogP contribution is -2.09. The Bertz CT molecular complexity index is 654. The molecule has 0 aliphatic carbocycles. The lowest BCUT2D eigenvalue weighted by Gasteiger charge is -2.03. The molecule has 92 valence electrons. The highest BCUT2D eigenvalue weighted by Crippen LogP contribution is 2.22. The van der Waals surface area contributed by atoms with Crippen LogP contribution in [0.2, 0.25) is 0 Å². The first-order valence-electron chi connectivity index (χ1n) is 4.97. The van der Waals surface area contributed by atoms with Crippen molar-refractivity contribution in [1.29, 1.82) is 0 Å². The molecule has 0 aliphatic heterocycles. The minimum Gasteiger partial charge on any atom is -0.508 e. The zero-order valence-electron chi connectivity index (χ0n) is 9.04. The quantitative estimate of drug-likeness (QED) is 0.584. The first kappa shape index (κ1) is 11.7. The summed E-state index contributed by atoms with van der Waals surface area (Å²) in [6, 6.07) is 5.49. The second-order valence-electron chi connectivity index (χ2n) is 3.69. The number of hydrogen-bond acceptors (Lipinski definition) is 5. The van der Waals surface area contributed by atoms with Crippen LogP contribution in [0.4, 0.5) is 0 Å². The summed E-state index contributed by atoms with van der Waals surface area (Å²) in [5.74, 6) is -1.57. The SMILES string of the molecule is O=C(c1cc(O)cc(O)c1)c1cc(O)[nH]c(=O)c1. The van der Waals surface area contributed by atoms with E-state index in [-0.39, 0.29) is 22.6 Å². The van der Waals surface area contributed by atoms with Gasteiger partial charge in [0.2, 0.25) is 0 Å². The highest BCUT2D eigenvalue weighted by atomic mass is 16.3. The summed E-state index contributed by atoms with van der Waals surface area (Å²) >= 11 is 0. The van der Waals surface area contributed by atoms with E-state index in [4.69, 9.17) is 0 Å². The molecule has 6 nitrogen and oxygen atoms in total. The Kier molecular flexibility index (Phi) is 2.77. The predicted octanol–water partition coefficient (Wildman–Crippen LogP) is 0.723. The lowest BCUT2D eigenvalue weighted by atomic mass is 10.0. The number of aromatic nitrogens is 1. The van der Waals surface area contributed by atoms with Gasteiger partial charge in [0.25, 0.3) is 5.56 Å². The van der Waals surface area contributed by atoms with E-state index in [0.29, 0.717) is 0 Å². The molecule has 2 aromatic rings. The number of phenolic OH excluding ortho intramolecular Hbond substituents is 2. The monoisotopic (exact) mass is 247 g/mol. The van der Waals surface area contributed by atoms with Crippen LogP contribution in [0, 0.1) is 0 Å². The van der Waals surface area contributed by atoms with Crippen LogP contribution in [-0.4, -0.2) is 26.1 Å². The van der Waals surface area contributed by atoms with Crippen LogP contribution in [0.5, 0.6) is 17.4 Å². The van der Waals surface area contributed by atoms with Crippen LogP contribution in [0.3, 0.4) is 0 Å². The number of carbonyl (C=O) groups is 1. The van der Waals surface area contributed by atoms with Gasteiger partial charge in [0.15, 0.2) is 11.7 Å². The molecule has 2 rings (SSSR count). The smallest absolute Gasteiger partial charge is 0.251 e. The van der Waals surface area contributed by atoms with Gasteiger partial charge < -0.3 is 15.3 Å². The molecule has 0 saturated carbocycles. The van der Waals surface area contributed by atoms with E-state index in [0.717, 1.165) is 30.3 Å². The van der Waals surface area contributed by atoms with E-state index in [2.05, 4.69) is 4.98 Å². The molecule has 1 heterocycles. The van der Waals surface area contributed by atoms with Crippen LogP contribution in [0.15, 0.2) is 35.1 Å². The number of aromatic hydroxyl groups is 3. The molecule has 0 fully saturated rings. The zero-order chi connectivity index (χ0) is 13.3. The summed E-state index contributed by atoms with van der Waals surface area (Å²) in [6.45, 7) is 0. The van der Waals surface area contributed by atoms with Gasteiger partial charge in [-0.1, -0.05) is 0 Å². The maximum Gasteiger partial charge on any atom is 0.251 e. The van der Waals surface area contributed by atoms with Crippen molar-refractivity contribution in [3.05, 3.63) is 51.8 Å². The Morgan fingerprint density at radius 2 is 1.44 bits per heavy atom. The summed E-state index contributed by atoms with van der Waals surface area (Å²) in [7, 11) is 0. The van der Waals surface area contributed by atoms with E-state index in [1.165, 1.54) is 0 Å². The molecular formula is C12H9NO5. The van der Waals surface area contributed by atoms with E-state index in [1.54, 1.807) is 0 Å². The van der Waals surface area contributed by atoms with Crippen molar-refractivity contribution in [3.8, 4) is 17.4 Å². The van der Waals surface area contributed by atoms with Gasteiger partial charge in [0, 0.05) is 29.3 Å². The average Bonchev–Trinajstić information content (AvgIpc) is 2.25. The Morgan fingerprint density at radius 3 is 2.00 bits per heavy atom. The molecule has 4 N–H and O–H groups in total. The number of nitrogens with one attached hydrogen (secondary N) is 1. The Hall–Kier alpha value is -2.76. The van der Waals surface area contributed by atoms with Gasteiger partial charge >= 0.3 is 0 Å². The van der Waals surface area contributed by atoms with Gasteiger partial charge in [0.05, 0.1) is 0 Å². The molecule has 0 unspecified atom stereocenters. The maximum absolute atomic E-state index is 12.0. The molecular weight excluding hydrogens is 238 g/mol. The van der Waals surface area contributed by atoms with Crippen LogP contribution < -0.4 is 5.56 Å². The van der Waals surface area contributed by atoms with Gasteiger partial charge in [0.1, 0.15) is 11.5 Å². The molecule has 0 radical (unpaired) electrons. The number of rotatable bonds is 2. The first-order chi connectivity index (χ1) is 8.45. The molecule has 18 heavy (non-hydrogen) atoms. The molecule has 1 aromatic carbocycles. The van der Waals surface area contributed by atoms with Crippen LogP contribution in [0.25, 0.3) is 0 Å². The molecule has 0 amide bonds. The molecule has 1 aromatic heterocycles. The largest absolute Gasteiger partial charge is 0.508 e.